The number of ether oxygens (including phenoxy) is 10. The first-order chi connectivity index (χ1) is 57.5. The molecule has 22 N–H and O–H groups in total. The molecule has 17 unspecified atom stereocenters. The summed E-state index contributed by atoms with van der Waals surface area (Å²) in [4.78, 5) is 139. The lowest BCUT2D eigenvalue weighted by atomic mass is 9.97. The molecule has 4 heterocycles. The molecule has 4 rings (SSSR count). The first-order valence-corrected chi connectivity index (χ1v) is 42.0. The molecule has 11 amide bonds. The Hall–Kier alpha value is -6.67. The molecule has 18 atom stereocenters. The summed E-state index contributed by atoms with van der Waals surface area (Å²) in [5.41, 5.74) is -1.45. The van der Waals surface area contributed by atoms with Gasteiger partial charge < -0.3 is 162 Å². The summed E-state index contributed by atoms with van der Waals surface area (Å²) in [6, 6.07) is -3.31. The highest BCUT2D eigenvalue weighted by Crippen LogP contribution is 2.27. The zero-order chi connectivity index (χ0) is 88.2. The van der Waals surface area contributed by atoms with Crippen molar-refractivity contribution in [2.75, 3.05) is 132 Å². The van der Waals surface area contributed by atoms with Crippen LogP contribution in [0.4, 0.5) is 0 Å². The summed E-state index contributed by atoms with van der Waals surface area (Å²) in [6.45, 7) is 2.18. The van der Waals surface area contributed by atoms with Crippen molar-refractivity contribution in [3.05, 3.63) is 0 Å². The van der Waals surface area contributed by atoms with E-state index in [1.165, 1.54) is 20.8 Å². The van der Waals surface area contributed by atoms with Gasteiger partial charge in [0.15, 0.2) is 18.9 Å². The summed E-state index contributed by atoms with van der Waals surface area (Å²) >= 11 is 0. The average molecular weight is 1730 g/mol. The van der Waals surface area contributed by atoms with Crippen LogP contribution >= 0.6 is 0 Å². The maximum absolute atomic E-state index is 14.0. The summed E-state index contributed by atoms with van der Waals surface area (Å²) in [5, 5.41) is 140. The Morgan fingerprint density at radius 2 is 0.600 bits per heavy atom. The number of nitrogens with one attached hydrogen (secondary N) is 11. The van der Waals surface area contributed by atoms with E-state index in [-0.39, 0.29) is 204 Å². The van der Waals surface area contributed by atoms with Crippen molar-refractivity contribution >= 4 is 65.0 Å². The quantitative estimate of drug-likeness (QED) is 0.0252. The Kier molecular flexibility index (Phi) is 53.5. The van der Waals surface area contributed by atoms with E-state index in [2.05, 4.69) is 58.5 Å². The lowest BCUT2D eigenvalue weighted by Gasteiger charge is -2.42. The van der Waals surface area contributed by atoms with Crippen molar-refractivity contribution in [2.24, 2.45) is 0 Å². The van der Waals surface area contributed by atoms with Gasteiger partial charge in [-0.25, -0.2) is 0 Å². The monoisotopic (exact) mass is 1730 g/mol. The van der Waals surface area contributed by atoms with Crippen LogP contribution in [0.15, 0.2) is 0 Å². The van der Waals surface area contributed by atoms with Crippen molar-refractivity contribution in [3.63, 3.8) is 0 Å². The third-order valence-electron chi connectivity index (χ3n) is 20.0. The fraction of sp³-hybridized carbons (Fsp3) is 0.857. The number of aliphatic hydroxyl groups excluding tert-OH is 11. The minimum atomic E-state index is -1.47. The van der Waals surface area contributed by atoms with Gasteiger partial charge in [-0.1, -0.05) is 32.1 Å². The van der Waals surface area contributed by atoms with Gasteiger partial charge in [-0.15, -0.1) is 0 Å². The second-order valence-corrected chi connectivity index (χ2v) is 30.3. The van der Waals surface area contributed by atoms with Gasteiger partial charge in [-0.05, 0) is 70.6 Å². The first-order valence-electron chi connectivity index (χ1n) is 42.0. The Bertz CT molecular complexity index is 2750. The summed E-state index contributed by atoms with van der Waals surface area (Å²) in [5.74, 6) is -4.17. The highest BCUT2D eigenvalue weighted by atomic mass is 16.7. The Morgan fingerprint density at radius 3 is 0.908 bits per heavy atom. The van der Waals surface area contributed by atoms with Crippen LogP contribution in [0.2, 0.25) is 0 Å². The van der Waals surface area contributed by atoms with E-state index < -0.39 is 153 Å². The molecule has 4 aliphatic rings. The minimum Gasteiger partial charge on any atom is -0.394 e. The van der Waals surface area contributed by atoms with Gasteiger partial charge in [0.2, 0.25) is 65.0 Å². The standard InChI is InChI=1S/C77H137N11O32/c1-48(93)85-64-70(107)67(104)54(42-90)118-74(64)114-34-14-10-20-57(97)78-28-17-31-81-60(100)24-37-111-45-77(88-63(103)23-9-7-5-4-6-8-13-27-84-73(110)52-40-51(96)53(41-89)117-52,46-112-38-25-61(101)82-32-18-29-79-58(98)21-11-15-35-115-75-65(86-49(2)94)71(108)68(105)55(43-91)119-75)47-113-39-26-62(102)83-33-19-30-80-59(99)22-12-16-36-116-76-66(87-50(3)95)72(109)69(106)56(44-92)120-76/h51-56,64-72,74-76,89-92,96,104-109H,4-47H2,1-3H3,(H,78,97)(H,79,98)(H,80,99)(H,81,100)(H,82,101)(H,83,102)(H,84,110)(H,85,93)(H,86,94)(H,87,95)(H,88,103)/t51?,52?,53?,54-,55?,56?,64?,65?,66?,67?,68?,69?,70?,71?,72?,74?,75?,76?,77?/m1/s1. The molecule has 0 spiro atoms. The summed E-state index contributed by atoms with van der Waals surface area (Å²) in [7, 11) is 0. The van der Waals surface area contributed by atoms with Crippen molar-refractivity contribution in [3.8, 4) is 0 Å². The molecular weight excluding hydrogens is 1590 g/mol. The largest absolute Gasteiger partial charge is 0.394 e. The molecule has 0 saturated carbocycles. The highest BCUT2D eigenvalue weighted by molar-refractivity contribution is 5.81. The van der Waals surface area contributed by atoms with Crippen LogP contribution in [-0.4, -0.2) is 369 Å². The smallest absolute Gasteiger partial charge is 0.249 e. The number of carbonyl (C=O) groups excluding carboxylic acids is 11. The molecule has 0 aliphatic carbocycles. The van der Waals surface area contributed by atoms with E-state index in [1.54, 1.807) is 0 Å². The molecule has 0 radical (unpaired) electrons. The maximum Gasteiger partial charge on any atom is 0.249 e. The SMILES string of the molecule is CC(=O)NC1C(OCCCCC(=O)NCCCNC(=O)CCOCC(COCCC(=O)NCCCNC(=O)CCCCOC2OC(CO)C(O)C(O)C2NC(C)=O)(COCCC(=O)NCCCNC(=O)CCCCOC2O[C@H](CO)C(O)C(O)C2NC(C)=O)NC(=O)CCCCCCCCCNC(=O)C2CC(O)C(CO)O2)OC(CO)C(O)C1O. The van der Waals surface area contributed by atoms with E-state index in [9.17, 15) is 109 Å². The molecule has 0 aromatic rings. The predicted octanol–water partition coefficient (Wildman–Crippen LogP) is -6.93. The molecule has 0 aromatic carbocycles. The van der Waals surface area contributed by atoms with Crippen LogP contribution in [0.25, 0.3) is 0 Å². The number of unbranched alkanes of at least 4 members (excludes halogenated alkanes) is 9. The maximum atomic E-state index is 14.0. The number of carbonyl (C=O) groups is 11. The molecule has 43 heteroatoms. The van der Waals surface area contributed by atoms with E-state index in [1.807, 2.05) is 0 Å². The first kappa shape index (κ1) is 106. The van der Waals surface area contributed by atoms with E-state index in [0.29, 0.717) is 83.6 Å². The summed E-state index contributed by atoms with van der Waals surface area (Å²) in [6.07, 6.45) is -9.34. The number of amides is 11. The molecule has 4 fully saturated rings. The van der Waals surface area contributed by atoms with Crippen molar-refractivity contribution in [2.45, 2.75) is 291 Å². The van der Waals surface area contributed by atoms with Gasteiger partial charge in [0.1, 0.15) is 90.8 Å². The molecule has 4 aliphatic heterocycles. The Labute approximate surface area is 699 Å². The number of hydrogen-bond donors (Lipinski definition) is 22. The van der Waals surface area contributed by atoms with E-state index in [4.69, 9.17) is 47.4 Å². The van der Waals surface area contributed by atoms with Crippen LogP contribution in [0, 0.1) is 0 Å². The van der Waals surface area contributed by atoms with Gasteiger partial charge in [0, 0.05) is 138 Å². The Morgan fingerprint density at radius 1 is 0.317 bits per heavy atom. The van der Waals surface area contributed by atoms with Gasteiger partial charge in [0.05, 0.1) is 72.2 Å². The van der Waals surface area contributed by atoms with Gasteiger partial charge in [-0.3, -0.25) is 52.7 Å². The van der Waals surface area contributed by atoms with Crippen molar-refractivity contribution < 1.29 is 156 Å². The fourth-order valence-electron chi connectivity index (χ4n) is 13.3. The zero-order valence-electron chi connectivity index (χ0n) is 69.5. The van der Waals surface area contributed by atoms with Crippen LogP contribution in [0.5, 0.6) is 0 Å². The molecule has 692 valence electrons. The summed E-state index contributed by atoms with van der Waals surface area (Å²) < 4.78 is 57.6. The van der Waals surface area contributed by atoms with Crippen molar-refractivity contribution in [1.29, 1.82) is 0 Å². The normalized spacial score (nSPS) is 25.8. The van der Waals surface area contributed by atoms with E-state index in [0.717, 1.165) is 25.7 Å². The average Bonchev–Trinajstić information content (AvgIpc) is 1.38. The molecule has 0 bridgehead atoms. The molecular formula is C77H137N11O32. The number of rotatable bonds is 64. The fourth-order valence-corrected chi connectivity index (χ4v) is 13.3. The van der Waals surface area contributed by atoms with Gasteiger partial charge in [0.25, 0.3) is 0 Å². The van der Waals surface area contributed by atoms with Gasteiger partial charge in [-0.2, -0.15) is 0 Å². The predicted molar refractivity (Wildman–Crippen MR) is 421 cm³/mol. The third kappa shape index (κ3) is 42.1. The second kappa shape index (κ2) is 60.8. The van der Waals surface area contributed by atoms with Crippen LogP contribution in [-0.2, 0) is 100 Å². The number of hydrogen-bond acceptors (Lipinski definition) is 32. The molecule has 43 nitrogen and oxygen atoms in total. The minimum absolute atomic E-state index is 0.0696. The highest BCUT2D eigenvalue weighted by Gasteiger charge is 2.48. The Balaban J connectivity index is 1.29. The van der Waals surface area contributed by atoms with Crippen molar-refractivity contribution in [1.82, 2.24) is 58.5 Å². The van der Waals surface area contributed by atoms with Crippen LogP contribution < -0.4 is 58.5 Å². The van der Waals surface area contributed by atoms with Gasteiger partial charge >= 0.3 is 0 Å². The number of aliphatic hydroxyl groups is 11. The molecule has 0 aromatic heterocycles. The second-order valence-electron chi connectivity index (χ2n) is 30.3. The van der Waals surface area contributed by atoms with Crippen LogP contribution in [0.3, 0.4) is 0 Å². The van der Waals surface area contributed by atoms with Crippen LogP contribution in [0.1, 0.15) is 175 Å². The third-order valence-corrected chi connectivity index (χ3v) is 20.0. The molecule has 4 saturated heterocycles. The lowest BCUT2D eigenvalue weighted by molar-refractivity contribution is -0.270. The topological polar surface area (TPSA) is 635 Å². The lowest BCUT2D eigenvalue weighted by Crippen LogP contribution is -2.64. The van der Waals surface area contributed by atoms with E-state index >= 15 is 0 Å². The zero-order valence-corrected chi connectivity index (χ0v) is 69.5. The molecule has 120 heavy (non-hydrogen) atoms.